The van der Waals surface area contributed by atoms with Crippen molar-refractivity contribution in [2.75, 3.05) is 11.4 Å². The first-order valence-corrected chi connectivity index (χ1v) is 8.19. The fraction of sp³-hybridized carbons (Fsp3) is 0.250. The number of hydrogen-bond donors (Lipinski definition) is 1. The molecule has 1 saturated heterocycles. The predicted molar refractivity (Wildman–Crippen MR) is 95.3 cm³/mol. The molecule has 0 saturated carbocycles. The van der Waals surface area contributed by atoms with E-state index in [1.807, 2.05) is 38.1 Å². The van der Waals surface area contributed by atoms with E-state index in [4.69, 9.17) is 5.26 Å². The Bertz CT molecular complexity index is 866. The average Bonchev–Trinajstić information content (AvgIpc) is 2.98. The molecule has 2 aromatic carbocycles. The highest BCUT2D eigenvalue weighted by molar-refractivity contribution is 6.04. The van der Waals surface area contributed by atoms with Crippen LogP contribution in [0.5, 0.6) is 0 Å². The third kappa shape index (κ3) is 3.38. The zero-order valence-corrected chi connectivity index (χ0v) is 14.2. The number of nitrogens with zero attached hydrogens (tertiary/aromatic N) is 2. The van der Waals surface area contributed by atoms with E-state index in [2.05, 4.69) is 5.32 Å². The van der Waals surface area contributed by atoms with E-state index in [1.165, 1.54) is 5.56 Å². The molecule has 0 unspecified atom stereocenters. The number of aryl methyl sites for hydroxylation is 2. The molecule has 2 aromatic rings. The first kappa shape index (κ1) is 16.7. The number of nitriles is 1. The Labute approximate surface area is 146 Å². The summed E-state index contributed by atoms with van der Waals surface area (Å²) in [7, 11) is 0. The molecule has 3 rings (SSSR count). The van der Waals surface area contributed by atoms with E-state index >= 15 is 0 Å². The van der Waals surface area contributed by atoms with Crippen molar-refractivity contribution in [1.29, 1.82) is 5.26 Å². The molecule has 1 fully saturated rings. The maximum absolute atomic E-state index is 12.6. The summed E-state index contributed by atoms with van der Waals surface area (Å²) in [5.74, 6) is -0.393. The van der Waals surface area contributed by atoms with E-state index < -0.39 is 6.04 Å². The topological polar surface area (TPSA) is 73.2 Å². The number of rotatable bonds is 3. The van der Waals surface area contributed by atoms with Gasteiger partial charge in [0, 0.05) is 17.8 Å². The predicted octanol–water partition coefficient (Wildman–Crippen LogP) is 2.71. The van der Waals surface area contributed by atoms with Gasteiger partial charge in [-0.1, -0.05) is 6.07 Å². The summed E-state index contributed by atoms with van der Waals surface area (Å²) in [5.41, 5.74) is 4.12. The Hall–Kier alpha value is -3.13. The maximum Gasteiger partial charge on any atom is 0.251 e. The smallest absolute Gasteiger partial charge is 0.251 e. The van der Waals surface area contributed by atoms with E-state index in [0.29, 0.717) is 24.1 Å². The highest BCUT2D eigenvalue weighted by atomic mass is 16.2. The van der Waals surface area contributed by atoms with Crippen molar-refractivity contribution in [3.05, 3.63) is 64.7 Å². The Kier molecular flexibility index (Phi) is 4.53. The van der Waals surface area contributed by atoms with Crippen LogP contribution in [0.2, 0.25) is 0 Å². The van der Waals surface area contributed by atoms with Gasteiger partial charge in [0.15, 0.2) is 0 Å². The molecule has 2 amide bonds. The number of carbonyl (C=O) groups excluding carboxylic acids is 2. The van der Waals surface area contributed by atoms with Crippen molar-refractivity contribution < 1.29 is 9.59 Å². The Morgan fingerprint density at radius 1 is 1.16 bits per heavy atom. The van der Waals surface area contributed by atoms with Crippen LogP contribution in [0, 0.1) is 25.2 Å². The second-order valence-corrected chi connectivity index (χ2v) is 6.26. The second kappa shape index (κ2) is 6.78. The van der Waals surface area contributed by atoms with Gasteiger partial charge in [0.25, 0.3) is 5.91 Å². The summed E-state index contributed by atoms with van der Waals surface area (Å²) in [6.45, 7) is 4.63. The van der Waals surface area contributed by atoms with Crippen LogP contribution >= 0.6 is 0 Å². The quantitative estimate of drug-likeness (QED) is 0.938. The van der Waals surface area contributed by atoms with Crippen molar-refractivity contribution >= 4 is 17.5 Å². The van der Waals surface area contributed by atoms with Crippen LogP contribution in [0.1, 0.15) is 33.5 Å². The number of carbonyl (C=O) groups is 2. The van der Waals surface area contributed by atoms with E-state index in [1.54, 1.807) is 29.2 Å². The molecule has 0 aromatic heterocycles. The minimum atomic E-state index is -0.523. The van der Waals surface area contributed by atoms with Gasteiger partial charge in [-0.2, -0.15) is 5.26 Å². The molecule has 0 radical (unpaired) electrons. The SMILES string of the molecule is Cc1ccc(N2CC[C@@H](NC(=O)c3ccc(C#N)cc3)C2=O)cc1C. The molecule has 5 heteroatoms. The van der Waals surface area contributed by atoms with E-state index in [-0.39, 0.29) is 11.8 Å². The first-order valence-electron chi connectivity index (χ1n) is 8.19. The van der Waals surface area contributed by atoms with Gasteiger partial charge >= 0.3 is 0 Å². The van der Waals surface area contributed by atoms with Crippen molar-refractivity contribution in [2.45, 2.75) is 26.3 Å². The van der Waals surface area contributed by atoms with Gasteiger partial charge in [-0.3, -0.25) is 9.59 Å². The Balaban J connectivity index is 1.70. The fourth-order valence-corrected chi connectivity index (χ4v) is 2.90. The monoisotopic (exact) mass is 333 g/mol. The summed E-state index contributed by atoms with van der Waals surface area (Å²) >= 11 is 0. The lowest BCUT2D eigenvalue weighted by Crippen LogP contribution is -2.41. The number of benzene rings is 2. The molecule has 0 spiro atoms. The normalized spacial score (nSPS) is 16.6. The summed E-state index contributed by atoms with van der Waals surface area (Å²) in [5, 5.41) is 11.6. The highest BCUT2D eigenvalue weighted by Crippen LogP contribution is 2.24. The highest BCUT2D eigenvalue weighted by Gasteiger charge is 2.33. The van der Waals surface area contributed by atoms with Gasteiger partial charge in [0.2, 0.25) is 5.91 Å². The van der Waals surface area contributed by atoms with Crippen LogP contribution in [-0.2, 0) is 4.79 Å². The van der Waals surface area contributed by atoms with Gasteiger partial charge in [0.1, 0.15) is 6.04 Å². The van der Waals surface area contributed by atoms with Gasteiger partial charge in [0.05, 0.1) is 11.6 Å². The Morgan fingerprint density at radius 2 is 1.88 bits per heavy atom. The number of anilines is 1. The molecule has 0 aliphatic carbocycles. The zero-order valence-electron chi connectivity index (χ0n) is 14.2. The molecular weight excluding hydrogens is 314 g/mol. The second-order valence-electron chi connectivity index (χ2n) is 6.26. The van der Waals surface area contributed by atoms with E-state index in [0.717, 1.165) is 11.3 Å². The lowest BCUT2D eigenvalue weighted by atomic mass is 10.1. The fourth-order valence-electron chi connectivity index (χ4n) is 2.90. The van der Waals surface area contributed by atoms with Crippen LogP contribution in [0.15, 0.2) is 42.5 Å². The molecule has 0 bridgehead atoms. The van der Waals surface area contributed by atoms with Crippen molar-refractivity contribution in [2.24, 2.45) is 0 Å². The molecule has 1 N–H and O–H groups in total. The van der Waals surface area contributed by atoms with Gasteiger partial charge in [-0.15, -0.1) is 0 Å². The molecular formula is C20H19N3O2. The van der Waals surface area contributed by atoms with Crippen LogP contribution in [0.25, 0.3) is 0 Å². The third-order valence-electron chi connectivity index (χ3n) is 4.59. The minimum absolute atomic E-state index is 0.0924. The zero-order chi connectivity index (χ0) is 18.0. The van der Waals surface area contributed by atoms with Crippen molar-refractivity contribution in [3.8, 4) is 6.07 Å². The molecule has 1 aliphatic heterocycles. The largest absolute Gasteiger partial charge is 0.340 e. The van der Waals surface area contributed by atoms with Crippen LogP contribution in [-0.4, -0.2) is 24.4 Å². The van der Waals surface area contributed by atoms with Crippen LogP contribution in [0.3, 0.4) is 0 Å². The summed E-state index contributed by atoms with van der Waals surface area (Å²) < 4.78 is 0. The molecule has 25 heavy (non-hydrogen) atoms. The Morgan fingerprint density at radius 3 is 2.52 bits per heavy atom. The molecule has 1 heterocycles. The standard InChI is InChI=1S/C20H19N3O2/c1-13-3-8-17(11-14(13)2)23-10-9-18(20(23)25)22-19(24)16-6-4-15(12-21)5-7-16/h3-8,11,18H,9-10H2,1-2H3,(H,22,24)/t18-/m1/s1. The molecule has 1 atom stereocenters. The number of amides is 2. The maximum atomic E-state index is 12.6. The lowest BCUT2D eigenvalue weighted by molar-refractivity contribution is -0.118. The average molecular weight is 333 g/mol. The molecule has 5 nitrogen and oxygen atoms in total. The van der Waals surface area contributed by atoms with Crippen molar-refractivity contribution in [3.63, 3.8) is 0 Å². The summed E-state index contributed by atoms with van der Waals surface area (Å²) in [6, 6.07) is 13.8. The van der Waals surface area contributed by atoms with E-state index in [9.17, 15) is 9.59 Å². The van der Waals surface area contributed by atoms with Gasteiger partial charge in [-0.05, 0) is 67.8 Å². The number of nitrogens with one attached hydrogen (secondary N) is 1. The lowest BCUT2D eigenvalue weighted by Gasteiger charge is -2.18. The molecule has 126 valence electrons. The van der Waals surface area contributed by atoms with Gasteiger partial charge < -0.3 is 10.2 Å². The first-order chi connectivity index (χ1) is 12.0. The van der Waals surface area contributed by atoms with Crippen LogP contribution < -0.4 is 10.2 Å². The van der Waals surface area contributed by atoms with Crippen molar-refractivity contribution in [1.82, 2.24) is 5.32 Å². The summed E-state index contributed by atoms with van der Waals surface area (Å²) in [6.07, 6.45) is 0.577. The van der Waals surface area contributed by atoms with Gasteiger partial charge in [-0.25, -0.2) is 0 Å². The minimum Gasteiger partial charge on any atom is -0.340 e. The third-order valence-corrected chi connectivity index (χ3v) is 4.59. The molecule has 1 aliphatic rings. The number of hydrogen-bond acceptors (Lipinski definition) is 3. The van der Waals surface area contributed by atoms with Crippen LogP contribution in [0.4, 0.5) is 5.69 Å². The summed E-state index contributed by atoms with van der Waals surface area (Å²) in [4.78, 5) is 26.7.